The van der Waals surface area contributed by atoms with Gasteiger partial charge in [0, 0.05) is 12.2 Å². The molecule has 6 nitrogen and oxygen atoms in total. The molecule has 0 bridgehead atoms. The highest BCUT2D eigenvalue weighted by Crippen LogP contribution is 2.20. The molecule has 3 N–H and O–H groups in total. The van der Waals surface area contributed by atoms with Crippen molar-refractivity contribution < 1.29 is 13.2 Å². The molecule has 24 heavy (non-hydrogen) atoms. The average molecular weight is 347 g/mol. The van der Waals surface area contributed by atoms with Crippen LogP contribution in [0.2, 0.25) is 0 Å². The number of amides is 2. The lowest BCUT2D eigenvalue weighted by Crippen LogP contribution is -2.28. The normalized spacial score (nSPS) is 11.1. The maximum Gasteiger partial charge on any atom is 0.319 e. The second kappa shape index (κ2) is 7.46. The first-order valence-corrected chi connectivity index (χ1v) is 8.95. The molecule has 2 rings (SSSR count). The monoisotopic (exact) mass is 347 g/mol. The van der Waals surface area contributed by atoms with Gasteiger partial charge in [0.15, 0.2) is 0 Å². The van der Waals surface area contributed by atoms with Gasteiger partial charge < -0.3 is 10.6 Å². The van der Waals surface area contributed by atoms with Gasteiger partial charge in [-0.3, -0.25) is 0 Å². The Kier molecular flexibility index (Phi) is 5.58. The van der Waals surface area contributed by atoms with Crippen LogP contribution in [-0.2, 0) is 16.6 Å². The highest BCUT2D eigenvalue weighted by Gasteiger charge is 2.14. The van der Waals surface area contributed by atoms with Gasteiger partial charge in [-0.2, -0.15) is 0 Å². The zero-order valence-electron chi connectivity index (χ0n) is 13.9. The molecule has 0 aromatic heterocycles. The fourth-order valence-corrected chi connectivity index (χ4v) is 2.95. The third-order valence-electron chi connectivity index (χ3n) is 3.57. The van der Waals surface area contributed by atoms with Crippen LogP contribution in [0.3, 0.4) is 0 Å². The summed E-state index contributed by atoms with van der Waals surface area (Å²) in [5.41, 5.74) is 3.34. The van der Waals surface area contributed by atoms with Gasteiger partial charge in [0.25, 0.3) is 0 Å². The van der Waals surface area contributed by atoms with E-state index in [9.17, 15) is 13.2 Å². The molecule has 0 aliphatic rings. The molecule has 0 saturated carbocycles. The van der Waals surface area contributed by atoms with Crippen molar-refractivity contribution in [3.63, 3.8) is 0 Å². The van der Waals surface area contributed by atoms with Crippen LogP contribution in [0.15, 0.2) is 47.4 Å². The van der Waals surface area contributed by atoms with Crippen molar-refractivity contribution in [3.05, 3.63) is 59.2 Å². The number of benzene rings is 2. The molecule has 128 valence electrons. The van der Waals surface area contributed by atoms with E-state index in [1.165, 1.54) is 19.2 Å². The first-order valence-electron chi connectivity index (χ1n) is 7.46. The molecule has 2 aromatic carbocycles. The second-order valence-electron chi connectivity index (χ2n) is 5.48. The van der Waals surface area contributed by atoms with E-state index in [4.69, 9.17) is 0 Å². The van der Waals surface area contributed by atoms with Gasteiger partial charge in [0.05, 0.1) is 4.90 Å². The van der Waals surface area contributed by atoms with Crippen molar-refractivity contribution in [1.82, 2.24) is 10.0 Å². The Bertz CT molecular complexity index is 848. The van der Waals surface area contributed by atoms with E-state index < -0.39 is 16.1 Å². The molecule has 0 spiro atoms. The van der Waals surface area contributed by atoms with E-state index in [1.54, 1.807) is 13.0 Å². The van der Waals surface area contributed by atoms with E-state index >= 15 is 0 Å². The summed E-state index contributed by atoms with van der Waals surface area (Å²) in [7, 11) is -2.21. The minimum absolute atomic E-state index is 0.101. The van der Waals surface area contributed by atoms with Crippen molar-refractivity contribution in [3.8, 4) is 0 Å². The molecule has 2 amide bonds. The van der Waals surface area contributed by atoms with Crippen LogP contribution in [0.1, 0.15) is 16.7 Å². The third kappa shape index (κ3) is 4.56. The largest absolute Gasteiger partial charge is 0.334 e. The minimum Gasteiger partial charge on any atom is -0.334 e. The van der Waals surface area contributed by atoms with Crippen molar-refractivity contribution in [2.45, 2.75) is 25.3 Å². The summed E-state index contributed by atoms with van der Waals surface area (Å²) in [5, 5.41) is 5.45. The highest BCUT2D eigenvalue weighted by molar-refractivity contribution is 7.89. The van der Waals surface area contributed by atoms with Crippen LogP contribution in [0, 0.1) is 13.8 Å². The number of hydrogen-bond acceptors (Lipinski definition) is 3. The molecule has 2 aromatic rings. The molecule has 0 unspecified atom stereocenters. The fourth-order valence-electron chi connectivity index (χ4n) is 2.19. The van der Waals surface area contributed by atoms with Gasteiger partial charge in [-0.05, 0) is 44.2 Å². The molecule has 0 fully saturated rings. The lowest BCUT2D eigenvalue weighted by Gasteiger charge is -2.12. The number of anilines is 1. The van der Waals surface area contributed by atoms with E-state index in [0.29, 0.717) is 12.2 Å². The Morgan fingerprint density at radius 3 is 2.50 bits per heavy atom. The number of hydrogen-bond donors (Lipinski definition) is 3. The SMILES string of the molecule is CNS(=O)(=O)c1ccc(C)c(NC(=O)NCc2cccc(C)c2)c1. The highest BCUT2D eigenvalue weighted by atomic mass is 32.2. The topological polar surface area (TPSA) is 87.3 Å². The summed E-state index contributed by atoms with van der Waals surface area (Å²) in [4.78, 5) is 12.2. The first kappa shape index (κ1) is 18.0. The number of carbonyl (C=O) groups is 1. The fraction of sp³-hybridized carbons (Fsp3) is 0.235. The summed E-state index contributed by atoms with van der Waals surface area (Å²) in [6.45, 7) is 4.17. The number of rotatable bonds is 5. The predicted molar refractivity (Wildman–Crippen MR) is 94.5 cm³/mol. The van der Waals surface area contributed by atoms with Crippen molar-refractivity contribution in [2.75, 3.05) is 12.4 Å². The van der Waals surface area contributed by atoms with Crippen LogP contribution in [0.4, 0.5) is 10.5 Å². The van der Waals surface area contributed by atoms with Gasteiger partial charge in [-0.15, -0.1) is 0 Å². The Balaban J connectivity index is 2.07. The summed E-state index contributed by atoms with van der Waals surface area (Å²) >= 11 is 0. The molecular formula is C17H21N3O3S. The zero-order valence-corrected chi connectivity index (χ0v) is 14.7. The second-order valence-corrected chi connectivity index (χ2v) is 7.37. The van der Waals surface area contributed by atoms with E-state index in [-0.39, 0.29) is 4.90 Å². The Hall–Kier alpha value is -2.38. The smallest absolute Gasteiger partial charge is 0.319 e. The molecule has 0 atom stereocenters. The Morgan fingerprint density at radius 1 is 1.08 bits per heavy atom. The summed E-state index contributed by atoms with van der Waals surface area (Å²) in [6.07, 6.45) is 0. The van der Waals surface area contributed by atoms with Gasteiger partial charge >= 0.3 is 6.03 Å². The Labute approximate surface area is 142 Å². The van der Waals surface area contributed by atoms with Crippen LogP contribution >= 0.6 is 0 Å². The van der Waals surface area contributed by atoms with Crippen molar-refractivity contribution in [2.24, 2.45) is 0 Å². The maximum absolute atomic E-state index is 12.1. The lowest BCUT2D eigenvalue weighted by atomic mass is 10.1. The number of nitrogens with one attached hydrogen (secondary N) is 3. The van der Waals surface area contributed by atoms with Crippen LogP contribution in [-0.4, -0.2) is 21.5 Å². The van der Waals surface area contributed by atoms with Gasteiger partial charge in [0.1, 0.15) is 0 Å². The average Bonchev–Trinajstić information content (AvgIpc) is 2.55. The van der Waals surface area contributed by atoms with Gasteiger partial charge in [-0.1, -0.05) is 35.9 Å². The molecule has 0 saturated heterocycles. The van der Waals surface area contributed by atoms with Gasteiger partial charge in [0.2, 0.25) is 10.0 Å². The number of aryl methyl sites for hydroxylation is 2. The van der Waals surface area contributed by atoms with Crippen LogP contribution < -0.4 is 15.4 Å². The van der Waals surface area contributed by atoms with E-state index in [0.717, 1.165) is 16.7 Å². The number of sulfonamides is 1. The molecule has 0 heterocycles. The molecular weight excluding hydrogens is 326 g/mol. The van der Waals surface area contributed by atoms with E-state index in [2.05, 4.69) is 15.4 Å². The quantitative estimate of drug-likeness (QED) is 0.777. The summed E-state index contributed by atoms with van der Waals surface area (Å²) < 4.78 is 26.0. The number of carbonyl (C=O) groups excluding carboxylic acids is 1. The van der Waals surface area contributed by atoms with Crippen LogP contribution in [0.25, 0.3) is 0 Å². The van der Waals surface area contributed by atoms with Crippen LogP contribution in [0.5, 0.6) is 0 Å². The maximum atomic E-state index is 12.1. The zero-order chi connectivity index (χ0) is 17.7. The minimum atomic E-state index is -3.55. The summed E-state index contributed by atoms with van der Waals surface area (Å²) in [5.74, 6) is 0. The van der Waals surface area contributed by atoms with Crippen molar-refractivity contribution >= 4 is 21.7 Å². The van der Waals surface area contributed by atoms with Crippen molar-refractivity contribution in [1.29, 1.82) is 0 Å². The van der Waals surface area contributed by atoms with E-state index in [1.807, 2.05) is 31.2 Å². The number of urea groups is 1. The molecule has 0 aliphatic carbocycles. The Morgan fingerprint density at radius 2 is 1.83 bits per heavy atom. The third-order valence-corrected chi connectivity index (χ3v) is 4.98. The predicted octanol–water partition coefficient (Wildman–Crippen LogP) is 2.53. The van der Waals surface area contributed by atoms with Gasteiger partial charge in [-0.25, -0.2) is 17.9 Å². The molecule has 0 radical (unpaired) electrons. The standard InChI is InChI=1S/C17H21N3O3S/c1-12-5-4-6-14(9-12)11-19-17(21)20-16-10-15(8-7-13(16)2)24(22,23)18-3/h4-10,18H,11H2,1-3H3,(H2,19,20,21). The molecule has 7 heteroatoms. The first-order chi connectivity index (χ1) is 11.3. The summed E-state index contributed by atoms with van der Waals surface area (Å²) in [6, 6.07) is 12.0. The lowest BCUT2D eigenvalue weighted by molar-refractivity contribution is 0.251. The molecule has 0 aliphatic heterocycles.